The first kappa shape index (κ1) is 15.0. The number of rotatable bonds is 5. The largest absolute Gasteiger partial charge is 0.480 e. The lowest BCUT2D eigenvalue weighted by Crippen LogP contribution is -2.31. The summed E-state index contributed by atoms with van der Waals surface area (Å²) < 4.78 is 1.96. The summed E-state index contributed by atoms with van der Waals surface area (Å²) in [5.74, 6) is -0.965. The van der Waals surface area contributed by atoms with Gasteiger partial charge in [-0.3, -0.25) is 4.57 Å². The molecule has 0 aliphatic rings. The molecule has 1 aromatic heterocycles. The third-order valence-corrected chi connectivity index (χ3v) is 3.22. The lowest BCUT2D eigenvalue weighted by molar-refractivity contribution is -0.140. The van der Waals surface area contributed by atoms with Crippen LogP contribution in [0, 0.1) is 0 Å². The lowest BCUT2D eigenvalue weighted by atomic mass is 10.2. The highest BCUT2D eigenvalue weighted by molar-refractivity contribution is 6.30. The minimum absolute atomic E-state index is 0.205. The van der Waals surface area contributed by atoms with Gasteiger partial charge in [0.1, 0.15) is 6.29 Å². The third kappa shape index (κ3) is 2.87. The number of carboxylic acids is 1. The Hall–Kier alpha value is -2.41. The fourth-order valence-electron chi connectivity index (χ4n) is 1.82. The normalized spacial score (nSPS) is 12.1. The Morgan fingerprint density at radius 1 is 1.43 bits per heavy atom. The van der Waals surface area contributed by atoms with Gasteiger partial charge >= 0.3 is 11.7 Å². The summed E-state index contributed by atoms with van der Waals surface area (Å²) in [6.45, 7) is 1.14. The number of carbonyl (C=O) groups is 2. The highest BCUT2D eigenvalue weighted by Gasteiger charge is 2.22. The van der Waals surface area contributed by atoms with Crippen molar-refractivity contribution in [3.8, 4) is 11.4 Å². The second-order valence-electron chi connectivity index (χ2n) is 4.35. The van der Waals surface area contributed by atoms with Crippen LogP contribution in [0.1, 0.15) is 13.0 Å². The monoisotopic (exact) mass is 309 g/mol. The van der Waals surface area contributed by atoms with Gasteiger partial charge in [0.2, 0.25) is 0 Å². The van der Waals surface area contributed by atoms with Crippen molar-refractivity contribution in [3.05, 3.63) is 39.8 Å². The first-order chi connectivity index (χ1) is 9.95. The number of halogens is 1. The van der Waals surface area contributed by atoms with Gasteiger partial charge in [0, 0.05) is 10.6 Å². The molecule has 2 rings (SSSR count). The third-order valence-electron chi connectivity index (χ3n) is 2.97. The molecule has 1 atom stereocenters. The highest BCUT2D eigenvalue weighted by Crippen LogP contribution is 2.19. The molecule has 1 unspecified atom stereocenters. The Morgan fingerprint density at radius 2 is 2.05 bits per heavy atom. The number of carbonyl (C=O) groups excluding carboxylic acids is 1. The second-order valence-corrected chi connectivity index (χ2v) is 4.79. The molecule has 7 nitrogen and oxygen atoms in total. The van der Waals surface area contributed by atoms with Crippen molar-refractivity contribution in [2.75, 3.05) is 0 Å². The molecule has 21 heavy (non-hydrogen) atoms. The van der Waals surface area contributed by atoms with Crippen LogP contribution < -0.4 is 5.69 Å². The molecule has 1 aromatic carbocycles. The van der Waals surface area contributed by atoms with Crippen LogP contribution in [0.15, 0.2) is 29.1 Å². The molecule has 0 spiro atoms. The molecule has 1 heterocycles. The number of nitrogens with zero attached hydrogens (tertiary/aromatic N) is 3. The van der Waals surface area contributed by atoms with E-state index in [1.807, 2.05) is 0 Å². The summed E-state index contributed by atoms with van der Waals surface area (Å²) >= 11 is 5.80. The Labute approximate surface area is 124 Å². The molecule has 0 aliphatic carbocycles. The van der Waals surface area contributed by atoms with E-state index in [4.69, 9.17) is 16.7 Å². The van der Waals surface area contributed by atoms with Gasteiger partial charge in [-0.25, -0.2) is 9.59 Å². The van der Waals surface area contributed by atoms with Crippen molar-refractivity contribution >= 4 is 23.9 Å². The van der Waals surface area contributed by atoms with Crippen molar-refractivity contribution in [1.29, 1.82) is 0 Å². The van der Waals surface area contributed by atoms with E-state index in [1.54, 1.807) is 24.3 Å². The summed E-state index contributed by atoms with van der Waals surface area (Å²) in [5, 5.41) is 13.5. The standard InChI is InChI=1S/C13H12ClN3O4/c1-8(12(19)20)17-13(21)16(6-7-18)11(15-17)9-2-4-10(14)5-3-9/h2-5,7-8H,6H2,1H3,(H,19,20). The quantitative estimate of drug-likeness (QED) is 0.838. The van der Waals surface area contributed by atoms with E-state index in [-0.39, 0.29) is 12.4 Å². The van der Waals surface area contributed by atoms with Gasteiger partial charge in [0.15, 0.2) is 11.9 Å². The molecule has 0 fully saturated rings. The second kappa shape index (κ2) is 5.92. The first-order valence-corrected chi connectivity index (χ1v) is 6.45. The van der Waals surface area contributed by atoms with Crippen molar-refractivity contribution in [3.63, 3.8) is 0 Å². The molecule has 1 N–H and O–H groups in total. The van der Waals surface area contributed by atoms with E-state index in [9.17, 15) is 14.4 Å². The summed E-state index contributed by atoms with van der Waals surface area (Å²) in [5.41, 5.74) is -0.0864. The zero-order valence-electron chi connectivity index (χ0n) is 11.1. The zero-order chi connectivity index (χ0) is 15.6. The highest BCUT2D eigenvalue weighted by atomic mass is 35.5. The summed E-state index contributed by atoms with van der Waals surface area (Å²) in [4.78, 5) is 33.9. The number of carboxylic acid groups (broad SMARTS) is 1. The van der Waals surface area contributed by atoms with Crippen LogP contribution in [0.4, 0.5) is 0 Å². The average molecular weight is 310 g/mol. The molecule has 0 amide bonds. The average Bonchev–Trinajstić information content (AvgIpc) is 2.77. The van der Waals surface area contributed by atoms with Crippen molar-refractivity contribution < 1.29 is 14.7 Å². The number of hydrogen-bond donors (Lipinski definition) is 1. The fraction of sp³-hybridized carbons (Fsp3) is 0.231. The Kier molecular flexibility index (Phi) is 4.23. The van der Waals surface area contributed by atoms with Crippen LogP contribution in [-0.4, -0.2) is 31.7 Å². The van der Waals surface area contributed by atoms with Gasteiger partial charge in [-0.15, -0.1) is 5.10 Å². The minimum atomic E-state index is -1.18. The molecule has 0 bridgehead atoms. The van der Waals surface area contributed by atoms with Crippen molar-refractivity contribution in [2.45, 2.75) is 19.5 Å². The predicted octanol–water partition coefficient (Wildman–Crippen LogP) is 1.21. The van der Waals surface area contributed by atoms with Gasteiger partial charge in [0.05, 0.1) is 6.54 Å². The van der Waals surface area contributed by atoms with Crippen LogP contribution in [0.2, 0.25) is 5.02 Å². The lowest BCUT2D eigenvalue weighted by Gasteiger charge is -2.03. The molecule has 8 heteroatoms. The van der Waals surface area contributed by atoms with Crippen LogP contribution >= 0.6 is 11.6 Å². The molecule has 0 saturated heterocycles. The zero-order valence-corrected chi connectivity index (χ0v) is 11.8. The topological polar surface area (TPSA) is 94.2 Å². The van der Waals surface area contributed by atoms with Crippen LogP contribution in [0.25, 0.3) is 11.4 Å². The summed E-state index contributed by atoms with van der Waals surface area (Å²) in [6.07, 6.45) is 0.554. The number of aromatic nitrogens is 3. The summed E-state index contributed by atoms with van der Waals surface area (Å²) in [6, 6.07) is 5.39. The number of aldehydes is 1. The number of hydrogen-bond acceptors (Lipinski definition) is 4. The molecule has 0 aliphatic heterocycles. The molecule has 0 saturated carbocycles. The Balaban J connectivity index is 2.62. The maximum atomic E-state index is 12.2. The van der Waals surface area contributed by atoms with Gasteiger partial charge in [-0.05, 0) is 31.2 Å². The maximum absolute atomic E-state index is 12.2. The molecular formula is C13H12ClN3O4. The van der Waals surface area contributed by atoms with E-state index in [1.165, 1.54) is 6.92 Å². The predicted molar refractivity (Wildman–Crippen MR) is 75.3 cm³/mol. The van der Waals surface area contributed by atoms with Crippen molar-refractivity contribution in [1.82, 2.24) is 14.3 Å². The van der Waals surface area contributed by atoms with Gasteiger partial charge in [-0.1, -0.05) is 11.6 Å². The van der Waals surface area contributed by atoms with Crippen LogP contribution in [0.5, 0.6) is 0 Å². The smallest absolute Gasteiger partial charge is 0.347 e. The molecule has 2 aromatic rings. The minimum Gasteiger partial charge on any atom is -0.480 e. The van der Waals surface area contributed by atoms with Gasteiger partial charge < -0.3 is 9.90 Å². The van der Waals surface area contributed by atoms with Crippen LogP contribution in [-0.2, 0) is 16.1 Å². The summed E-state index contributed by atoms with van der Waals surface area (Å²) in [7, 11) is 0. The van der Waals surface area contributed by atoms with E-state index < -0.39 is 17.7 Å². The maximum Gasteiger partial charge on any atom is 0.347 e. The molecule has 0 radical (unpaired) electrons. The van der Waals surface area contributed by atoms with E-state index >= 15 is 0 Å². The SMILES string of the molecule is CC(C(=O)O)n1nc(-c2ccc(Cl)cc2)n(CC=O)c1=O. The fourth-order valence-corrected chi connectivity index (χ4v) is 1.95. The first-order valence-electron chi connectivity index (χ1n) is 6.07. The number of benzene rings is 1. The van der Waals surface area contributed by atoms with E-state index in [2.05, 4.69) is 5.10 Å². The molecular weight excluding hydrogens is 298 g/mol. The van der Waals surface area contributed by atoms with E-state index in [0.29, 0.717) is 16.9 Å². The Bertz CT molecular complexity index is 733. The van der Waals surface area contributed by atoms with E-state index in [0.717, 1.165) is 9.25 Å². The van der Waals surface area contributed by atoms with Crippen LogP contribution in [0.3, 0.4) is 0 Å². The Morgan fingerprint density at radius 3 is 2.57 bits per heavy atom. The molecule has 110 valence electrons. The van der Waals surface area contributed by atoms with Gasteiger partial charge in [-0.2, -0.15) is 4.68 Å². The van der Waals surface area contributed by atoms with Crippen molar-refractivity contribution in [2.24, 2.45) is 0 Å². The van der Waals surface area contributed by atoms with Gasteiger partial charge in [0.25, 0.3) is 0 Å². The number of aliphatic carboxylic acids is 1.